The Balaban J connectivity index is 0. The van der Waals surface area contributed by atoms with Gasteiger partial charge in [-0.1, -0.05) is 6.92 Å². The van der Waals surface area contributed by atoms with Gasteiger partial charge in [-0.3, -0.25) is 0 Å². The summed E-state index contributed by atoms with van der Waals surface area (Å²) in [4.78, 5) is 0. The van der Waals surface area contributed by atoms with Gasteiger partial charge >= 0.3 is 36.8 Å². The van der Waals surface area contributed by atoms with E-state index in [1.165, 1.54) is 0 Å². The minimum atomic E-state index is -0.586. The van der Waals surface area contributed by atoms with Crippen LogP contribution in [0.5, 0.6) is 0 Å². The molecule has 4 heteroatoms. The van der Waals surface area contributed by atoms with Crippen molar-refractivity contribution >= 4 is 36.8 Å². The molecule has 0 unspecified atom stereocenters. The Morgan fingerprint density at radius 1 is 1.67 bits per heavy atom. The van der Waals surface area contributed by atoms with E-state index in [0.29, 0.717) is 0 Å². The molecule has 0 fully saturated rings. The van der Waals surface area contributed by atoms with Gasteiger partial charge in [0.25, 0.3) is 0 Å². The van der Waals surface area contributed by atoms with Gasteiger partial charge in [-0.05, 0) is 6.54 Å². The van der Waals surface area contributed by atoms with Crippen molar-refractivity contribution in [2.24, 2.45) is 5.73 Å². The van der Waals surface area contributed by atoms with Crippen molar-refractivity contribution in [2.75, 3.05) is 6.54 Å². The molecule has 0 saturated heterocycles. The number of nitrogens with two attached hydrogens (primary N) is 1. The minimum absolute atomic E-state index is 0.586. The third kappa shape index (κ3) is 59.6. The maximum absolute atomic E-state index is 4.89. The van der Waals surface area contributed by atoms with Gasteiger partial charge in [-0.25, -0.2) is 0 Å². The Kier molecular flexibility index (Phi) is 27.9. The Morgan fingerprint density at radius 2 is 1.67 bits per heavy atom. The summed E-state index contributed by atoms with van der Waals surface area (Å²) in [6, 6.07) is 0. The van der Waals surface area contributed by atoms with Crippen LogP contribution in [-0.4, -0.2) is 6.54 Å². The Labute approximate surface area is 55.9 Å². The van der Waals surface area contributed by atoms with E-state index in [4.69, 9.17) is 23.6 Å². The fourth-order valence-electron chi connectivity index (χ4n) is 0. The first kappa shape index (κ1) is 10.3. The normalized spacial score (nSPS) is 6.67. The summed E-state index contributed by atoms with van der Waals surface area (Å²) in [6.45, 7) is 2.65. The van der Waals surface area contributed by atoms with Crippen LogP contribution in [0.15, 0.2) is 0 Å². The van der Waals surface area contributed by atoms with Gasteiger partial charge in [0.2, 0.25) is 0 Å². The van der Waals surface area contributed by atoms with Crippen LogP contribution in [0.1, 0.15) is 6.92 Å². The molecule has 42 valence electrons. The molecule has 0 amide bonds. The summed E-state index contributed by atoms with van der Waals surface area (Å²) < 4.78 is 0. The van der Waals surface area contributed by atoms with Crippen LogP contribution in [-0.2, 0) is 0 Å². The van der Waals surface area contributed by atoms with E-state index < -0.39 is 18.9 Å². The molecule has 0 bridgehead atoms. The first-order chi connectivity index (χ1) is 2.83. The molecule has 2 N–H and O–H groups in total. The SMILES string of the molecule is CCN.Cl[IH]Cl. The average molecular weight is 244 g/mol. The molecular formula is C2H8Cl2IN. The first-order valence-corrected chi connectivity index (χ1v) is 7.33. The van der Waals surface area contributed by atoms with E-state index in [0.717, 1.165) is 6.54 Å². The standard InChI is InChI=1S/C2H7N.Cl2HI/c1-2-3;1-3-2/h2-3H2,1H3;3H. The first-order valence-electron chi connectivity index (χ1n) is 1.42. The molecule has 1 nitrogen and oxygen atoms in total. The summed E-state index contributed by atoms with van der Waals surface area (Å²) in [7, 11) is 9.79. The number of rotatable bonds is 0. The summed E-state index contributed by atoms with van der Waals surface area (Å²) in [5.74, 6) is 0. The van der Waals surface area contributed by atoms with Crippen LogP contribution in [0.3, 0.4) is 0 Å². The summed E-state index contributed by atoms with van der Waals surface area (Å²) in [6.07, 6.45) is 0. The summed E-state index contributed by atoms with van der Waals surface area (Å²) in [5, 5.41) is 0. The molecular weight excluding hydrogens is 236 g/mol. The molecule has 0 aromatic heterocycles. The molecule has 0 radical (unpaired) electrons. The van der Waals surface area contributed by atoms with Gasteiger partial charge < -0.3 is 5.73 Å². The van der Waals surface area contributed by atoms with Crippen LogP contribution in [0.2, 0.25) is 0 Å². The molecule has 0 aliphatic carbocycles. The molecule has 0 rings (SSSR count). The topological polar surface area (TPSA) is 26.0 Å². The molecule has 0 atom stereocenters. The maximum atomic E-state index is 4.89. The van der Waals surface area contributed by atoms with Gasteiger partial charge in [-0.2, -0.15) is 0 Å². The number of halogens is 3. The van der Waals surface area contributed by atoms with Crippen molar-refractivity contribution in [2.45, 2.75) is 6.92 Å². The zero-order valence-electron chi connectivity index (χ0n) is 3.45. The Morgan fingerprint density at radius 3 is 1.67 bits per heavy atom. The third-order valence-corrected chi connectivity index (χ3v) is 0. The van der Waals surface area contributed by atoms with Crippen LogP contribution in [0.25, 0.3) is 0 Å². The summed E-state index contributed by atoms with van der Waals surface area (Å²) >= 11 is -0.586. The van der Waals surface area contributed by atoms with Gasteiger partial charge in [0, 0.05) is 0 Å². The van der Waals surface area contributed by atoms with E-state index >= 15 is 0 Å². The van der Waals surface area contributed by atoms with Crippen molar-refractivity contribution in [1.82, 2.24) is 0 Å². The predicted molar refractivity (Wildman–Crippen MR) is 41.8 cm³/mol. The second-order valence-corrected chi connectivity index (χ2v) is 3.93. The monoisotopic (exact) mass is 243 g/mol. The van der Waals surface area contributed by atoms with Crippen molar-refractivity contribution in [3.05, 3.63) is 0 Å². The van der Waals surface area contributed by atoms with Gasteiger partial charge in [0.05, 0.1) is 0 Å². The van der Waals surface area contributed by atoms with E-state index in [2.05, 4.69) is 0 Å². The van der Waals surface area contributed by atoms with E-state index in [1.807, 2.05) is 6.92 Å². The van der Waals surface area contributed by atoms with E-state index in [1.54, 1.807) is 0 Å². The molecule has 0 spiro atoms. The number of hydrogen-bond donors (Lipinski definition) is 1. The van der Waals surface area contributed by atoms with Crippen LogP contribution < -0.4 is 5.73 Å². The van der Waals surface area contributed by atoms with Crippen LogP contribution >= 0.6 is 36.8 Å². The second-order valence-electron chi connectivity index (χ2n) is 0.467. The van der Waals surface area contributed by atoms with E-state index in [-0.39, 0.29) is 0 Å². The quantitative estimate of drug-likeness (QED) is 0.647. The van der Waals surface area contributed by atoms with Crippen molar-refractivity contribution in [3.8, 4) is 0 Å². The van der Waals surface area contributed by atoms with Crippen molar-refractivity contribution in [3.63, 3.8) is 0 Å². The third-order valence-electron chi connectivity index (χ3n) is 0. The molecule has 0 saturated carbocycles. The van der Waals surface area contributed by atoms with E-state index in [9.17, 15) is 0 Å². The number of hydrogen-bond acceptors (Lipinski definition) is 1. The zero-order chi connectivity index (χ0) is 5.41. The fourth-order valence-corrected chi connectivity index (χ4v) is 0. The predicted octanol–water partition coefficient (Wildman–Crippen LogP) is 1.96. The van der Waals surface area contributed by atoms with Crippen LogP contribution in [0, 0.1) is 0 Å². The Hall–Kier alpha value is 1.27. The van der Waals surface area contributed by atoms with Crippen molar-refractivity contribution in [1.29, 1.82) is 0 Å². The Bertz CT molecular complexity index is 13.5. The fraction of sp³-hybridized carbons (Fsp3) is 1.00. The molecule has 0 aromatic carbocycles. The van der Waals surface area contributed by atoms with Gasteiger partial charge in [0.1, 0.15) is 0 Å². The zero-order valence-corrected chi connectivity index (χ0v) is 7.29. The molecule has 0 heterocycles. The van der Waals surface area contributed by atoms with Crippen LogP contribution in [0.4, 0.5) is 0 Å². The summed E-state index contributed by atoms with van der Waals surface area (Å²) in [5.41, 5.74) is 4.85. The second kappa shape index (κ2) is 16.3. The van der Waals surface area contributed by atoms with Crippen molar-refractivity contribution < 1.29 is 0 Å². The molecule has 0 aromatic rings. The van der Waals surface area contributed by atoms with Gasteiger partial charge in [-0.15, -0.1) is 0 Å². The molecule has 6 heavy (non-hydrogen) atoms. The molecule has 0 aliphatic rings. The van der Waals surface area contributed by atoms with Gasteiger partial charge in [0.15, 0.2) is 0 Å². The molecule has 0 aliphatic heterocycles. The average Bonchev–Trinajstić information content (AvgIpc) is 1.39.